The molecule has 0 aromatic heterocycles. The van der Waals surface area contributed by atoms with Crippen molar-refractivity contribution in [3.8, 4) is 11.5 Å². The summed E-state index contributed by atoms with van der Waals surface area (Å²) in [4.78, 5) is 37.0. The smallest absolute Gasteiger partial charge is 0.344 e. The lowest BCUT2D eigenvalue weighted by atomic mass is 9.95. The second kappa shape index (κ2) is 10.9. The Bertz CT molecular complexity index is 987. The van der Waals surface area contributed by atoms with Crippen LogP contribution in [0.5, 0.6) is 11.5 Å². The topological polar surface area (TPSA) is 112 Å². The van der Waals surface area contributed by atoms with Crippen LogP contribution < -0.4 is 20.1 Å². The van der Waals surface area contributed by atoms with E-state index in [2.05, 4.69) is 10.6 Å². The van der Waals surface area contributed by atoms with E-state index >= 15 is 0 Å². The van der Waals surface area contributed by atoms with Gasteiger partial charge in [-0.2, -0.15) is 0 Å². The molecule has 0 fully saturated rings. The van der Waals surface area contributed by atoms with Crippen LogP contribution in [0.4, 0.5) is 4.79 Å². The molecule has 9 nitrogen and oxygen atoms in total. The highest BCUT2D eigenvalue weighted by Crippen LogP contribution is 2.27. The van der Waals surface area contributed by atoms with Crippen molar-refractivity contribution in [1.29, 1.82) is 0 Å². The van der Waals surface area contributed by atoms with Gasteiger partial charge in [0.05, 0.1) is 31.0 Å². The molecule has 0 radical (unpaired) electrons. The standard InChI is InChI=1S/C23H24N2O7/c1-3-30-22(27)20-18(24-23(28)25-21(20)15-7-5-4-6-8-15)13-32-19(26)14-31-17-11-9-16(29-2)10-12-17/h4-12,21H,3,13-14H2,1-2H3,(H2,24,25,28). The summed E-state index contributed by atoms with van der Waals surface area (Å²) in [6.07, 6.45) is 0. The van der Waals surface area contributed by atoms with Gasteiger partial charge in [-0.3, -0.25) is 0 Å². The zero-order valence-electron chi connectivity index (χ0n) is 17.8. The molecule has 0 saturated heterocycles. The average Bonchev–Trinajstić information content (AvgIpc) is 2.82. The molecule has 1 atom stereocenters. The third-order valence-electron chi connectivity index (χ3n) is 4.58. The van der Waals surface area contributed by atoms with Gasteiger partial charge in [0.1, 0.15) is 18.1 Å². The van der Waals surface area contributed by atoms with Gasteiger partial charge in [0.15, 0.2) is 6.61 Å². The van der Waals surface area contributed by atoms with Crippen LogP contribution in [-0.2, 0) is 19.1 Å². The van der Waals surface area contributed by atoms with Crippen molar-refractivity contribution in [3.05, 3.63) is 71.4 Å². The SMILES string of the molecule is CCOC(=O)C1=C(COC(=O)COc2ccc(OC)cc2)NC(=O)NC1c1ccccc1. The highest BCUT2D eigenvalue weighted by atomic mass is 16.6. The van der Waals surface area contributed by atoms with Crippen LogP contribution in [0.3, 0.4) is 0 Å². The minimum absolute atomic E-state index is 0.152. The predicted octanol–water partition coefficient (Wildman–Crippen LogP) is 2.49. The van der Waals surface area contributed by atoms with Crippen LogP contribution in [0.25, 0.3) is 0 Å². The fraction of sp³-hybridized carbons (Fsp3) is 0.261. The third-order valence-corrected chi connectivity index (χ3v) is 4.58. The molecule has 0 aliphatic carbocycles. The van der Waals surface area contributed by atoms with E-state index in [0.29, 0.717) is 17.1 Å². The van der Waals surface area contributed by atoms with Crippen molar-refractivity contribution in [3.63, 3.8) is 0 Å². The van der Waals surface area contributed by atoms with Crippen LogP contribution in [0.2, 0.25) is 0 Å². The van der Waals surface area contributed by atoms with Crippen molar-refractivity contribution >= 4 is 18.0 Å². The number of benzene rings is 2. The Morgan fingerprint density at radius 1 is 0.969 bits per heavy atom. The van der Waals surface area contributed by atoms with E-state index in [9.17, 15) is 14.4 Å². The summed E-state index contributed by atoms with van der Waals surface area (Å²) in [6.45, 7) is 1.17. The highest BCUT2D eigenvalue weighted by Gasteiger charge is 2.34. The number of methoxy groups -OCH3 is 1. The van der Waals surface area contributed by atoms with Crippen LogP contribution in [0, 0.1) is 0 Å². The lowest BCUT2D eigenvalue weighted by molar-refractivity contribution is -0.145. The maximum atomic E-state index is 12.7. The Hall–Kier alpha value is -4.01. The van der Waals surface area contributed by atoms with E-state index in [1.807, 2.05) is 6.07 Å². The number of rotatable bonds is 9. The summed E-state index contributed by atoms with van der Waals surface area (Å²) < 4.78 is 20.9. The number of hydrogen-bond donors (Lipinski definition) is 2. The molecule has 2 amide bonds. The zero-order valence-corrected chi connectivity index (χ0v) is 17.8. The molecule has 32 heavy (non-hydrogen) atoms. The van der Waals surface area contributed by atoms with Gasteiger partial charge in [-0.15, -0.1) is 0 Å². The first kappa shape index (κ1) is 22.7. The lowest BCUT2D eigenvalue weighted by Gasteiger charge is -2.29. The average molecular weight is 440 g/mol. The summed E-state index contributed by atoms with van der Waals surface area (Å²) in [5, 5.41) is 5.26. The Kier molecular flexibility index (Phi) is 7.69. The van der Waals surface area contributed by atoms with E-state index in [4.69, 9.17) is 18.9 Å². The first-order valence-corrected chi connectivity index (χ1v) is 9.97. The van der Waals surface area contributed by atoms with Gasteiger partial charge in [0.2, 0.25) is 0 Å². The molecule has 2 aromatic rings. The predicted molar refractivity (Wildman–Crippen MR) is 114 cm³/mol. The van der Waals surface area contributed by atoms with Crippen LogP contribution in [0.1, 0.15) is 18.5 Å². The highest BCUT2D eigenvalue weighted by molar-refractivity contribution is 5.95. The van der Waals surface area contributed by atoms with Gasteiger partial charge < -0.3 is 29.6 Å². The second-order valence-corrected chi connectivity index (χ2v) is 6.68. The summed E-state index contributed by atoms with van der Waals surface area (Å²) in [5.74, 6) is -0.156. The molecule has 2 N–H and O–H groups in total. The van der Waals surface area contributed by atoms with Crippen molar-refractivity contribution in [1.82, 2.24) is 10.6 Å². The number of hydrogen-bond acceptors (Lipinski definition) is 7. The molecule has 1 aliphatic rings. The van der Waals surface area contributed by atoms with Gasteiger partial charge in [-0.25, -0.2) is 14.4 Å². The molecule has 1 heterocycles. The molecule has 0 spiro atoms. The quantitative estimate of drug-likeness (QED) is 0.576. The molecule has 2 aromatic carbocycles. The van der Waals surface area contributed by atoms with E-state index < -0.39 is 24.0 Å². The summed E-state index contributed by atoms with van der Waals surface area (Å²) in [5.41, 5.74) is 1.01. The number of ether oxygens (including phenoxy) is 4. The van der Waals surface area contributed by atoms with Crippen molar-refractivity contribution in [2.45, 2.75) is 13.0 Å². The summed E-state index contributed by atoms with van der Waals surface area (Å²) in [7, 11) is 1.55. The van der Waals surface area contributed by atoms with Gasteiger partial charge in [0.25, 0.3) is 0 Å². The maximum absolute atomic E-state index is 12.7. The van der Waals surface area contributed by atoms with Gasteiger partial charge in [-0.1, -0.05) is 30.3 Å². The second-order valence-electron chi connectivity index (χ2n) is 6.68. The Morgan fingerprint density at radius 2 is 1.66 bits per heavy atom. The fourth-order valence-electron chi connectivity index (χ4n) is 3.09. The van der Waals surface area contributed by atoms with Crippen LogP contribution in [0.15, 0.2) is 65.9 Å². The van der Waals surface area contributed by atoms with E-state index in [0.717, 1.165) is 0 Å². The largest absolute Gasteiger partial charge is 0.497 e. The summed E-state index contributed by atoms with van der Waals surface area (Å²) >= 11 is 0. The first-order valence-electron chi connectivity index (χ1n) is 9.97. The monoisotopic (exact) mass is 440 g/mol. The van der Waals surface area contributed by atoms with Crippen LogP contribution >= 0.6 is 0 Å². The lowest BCUT2D eigenvalue weighted by Crippen LogP contribution is -2.47. The van der Waals surface area contributed by atoms with Crippen LogP contribution in [-0.4, -0.2) is 44.9 Å². The summed E-state index contributed by atoms with van der Waals surface area (Å²) in [6, 6.07) is 14.4. The minimum Gasteiger partial charge on any atom is -0.497 e. The molecule has 168 valence electrons. The zero-order chi connectivity index (χ0) is 22.9. The Labute approximate surface area is 185 Å². The number of urea groups is 1. The number of carbonyl (C=O) groups is 3. The van der Waals surface area contributed by atoms with Crippen molar-refractivity contribution < 1.29 is 33.3 Å². The van der Waals surface area contributed by atoms with Crippen molar-refractivity contribution in [2.75, 3.05) is 26.9 Å². The molecular formula is C23H24N2O7. The third kappa shape index (κ3) is 5.78. The molecule has 0 saturated carbocycles. The molecule has 0 bridgehead atoms. The molecule has 1 aliphatic heterocycles. The van der Waals surface area contributed by atoms with Crippen molar-refractivity contribution in [2.24, 2.45) is 0 Å². The number of carbonyl (C=O) groups excluding carboxylic acids is 3. The Balaban J connectivity index is 1.72. The van der Waals surface area contributed by atoms with Gasteiger partial charge in [0, 0.05) is 0 Å². The van der Waals surface area contributed by atoms with Gasteiger partial charge >= 0.3 is 18.0 Å². The number of amides is 2. The number of esters is 2. The molecular weight excluding hydrogens is 416 g/mol. The molecule has 9 heteroatoms. The number of nitrogens with one attached hydrogen (secondary N) is 2. The Morgan fingerprint density at radius 3 is 2.31 bits per heavy atom. The minimum atomic E-state index is -0.742. The van der Waals surface area contributed by atoms with E-state index in [-0.39, 0.29) is 31.1 Å². The normalized spacial score (nSPS) is 15.3. The van der Waals surface area contributed by atoms with Gasteiger partial charge in [-0.05, 0) is 36.8 Å². The fourth-order valence-corrected chi connectivity index (χ4v) is 3.09. The molecule has 3 rings (SSSR count). The molecule has 1 unspecified atom stereocenters. The van der Waals surface area contributed by atoms with E-state index in [1.54, 1.807) is 62.6 Å². The first-order chi connectivity index (χ1) is 15.5. The van der Waals surface area contributed by atoms with E-state index in [1.165, 1.54) is 0 Å². The maximum Gasteiger partial charge on any atom is 0.344 e.